The third kappa shape index (κ3) is 5.25. The highest BCUT2D eigenvalue weighted by Gasteiger charge is 2.17. The molecule has 2 heterocycles. The first-order valence-corrected chi connectivity index (χ1v) is 8.65. The van der Waals surface area contributed by atoms with Crippen molar-refractivity contribution in [2.45, 2.75) is 33.6 Å². The van der Waals surface area contributed by atoms with E-state index in [1.165, 1.54) is 11.9 Å². The molecule has 0 saturated carbocycles. The van der Waals surface area contributed by atoms with E-state index in [9.17, 15) is 14.4 Å². The summed E-state index contributed by atoms with van der Waals surface area (Å²) in [4.78, 5) is 39.6. The molecule has 0 aliphatic carbocycles. The van der Waals surface area contributed by atoms with E-state index >= 15 is 0 Å². The summed E-state index contributed by atoms with van der Waals surface area (Å²) in [6.07, 6.45) is 0.199. The molecule has 134 valence electrons. The second-order valence-corrected chi connectivity index (χ2v) is 7.33. The molecule has 8 heteroatoms. The van der Waals surface area contributed by atoms with Gasteiger partial charge in [-0.2, -0.15) is 0 Å². The number of aromatic nitrogens is 1. The Morgan fingerprint density at radius 2 is 1.92 bits per heavy atom. The highest BCUT2D eigenvalue weighted by Crippen LogP contribution is 2.22. The lowest BCUT2D eigenvalue weighted by molar-refractivity contribution is -0.133. The lowest BCUT2D eigenvalue weighted by Crippen LogP contribution is -2.35. The Hall–Kier alpha value is -2.48. The number of amides is 2. The molecular formula is C17H21N3O4S. The van der Waals surface area contributed by atoms with Crippen LogP contribution in [0.1, 0.15) is 38.7 Å². The van der Waals surface area contributed by atoms with E-state index in [1.807, 2.05) is 19.9 Å². The number of Topliss-reactive ketones (excluding diaryl/α,β-unsaturated/α-hetero) is 1. The topological polar surface area (TPSA) is 92.5 Å². The summed E-state index contributed by atoms with van der Waals surface area (Å²) in [6, 6.07) is 3.44. The zero-order chi connectivity index (χ0) is 18.6. The van der Waals surface area contributed by atoms with Gasteiger partial charge >= 0.3 is 0 Å². The highest BCUT2D eigenvalue weighted by molar-refractivity contribution is 7.12. The number of carbonyl (C=O) groups excluding carboxylic acids is 3. The molecule has 2 aromatic rings. The summed E-state index contributed by atoms with van der Waals surface area (Å²) < 4.78 is 4.85. The Morgan fingerprint density at radius 1 is 1.20 bits per heavy atom. The maximum Gasteiger partial charge on any atom is 0.245 e. The minimum atomic E-state index is -0.375. The summed E-state index contributed by atoms with van der Waals surface area (Å²) in [5, 5.41) is 6.20. The van der Waals surface area contributed by atoms with Crippen LogP contribution in [0.15, 0.2) is 16.7 Å². The molecular weight excluding hydrogens is 342 g/mol. The molecule has 0 fully saturated rings. The van der Waals surface area contributed by atoms with Crippen molar-refractivity contribution < 1.29 is 18.9 Å². The number of likely N-dealkylation sites (N-methyl/N-ethyl adjacent to an activating group) is 1. The average Bonchev–Trinajstić information content (AvgIpc) is 3.09. The number of anilines is 1. The number of aryl methyl sites for hydroxylation is 3. The van der Waals surface area contributed by atoms with E-state index in [4.69, 9.17) is 4.52 Å². The van der Waals surface area contributed by atoms with Crippen molar-refractivity contribution in [1.29, 1.82) is 0 Å². The first-order valence-electron chi connectivity index (χ1n) is 7.83. The summed E-state index contributed by atoms with van der Waals surface area (Å²) in [5.41, 5.74) is 0.678. The first-order chi connectivity index (χ1) is 11.8. The standard InChI is InChI=1S/C17H21N3O4S/c1-10-7-15(19-24-10)18-16(22)9-20(4)17(23)6-5-14(21)13-8-11(2)25-12(13)3/h7-8H,5-6,9H2,1-4H3,(H,18,19,22). The third-order valence-electron chi connectivity index (χ3n) is 3.61. The number of rotatable bonds is 7. The Bertz CT molecular complexity index is 794. The quantitative estimate of drug-likeness (QED) is 0.764. The lowest BCUT2D eigenvalue weighted by atomic mass is 10.1. The van der Waals surface area contributed by atoms with Crippen molar-refractivity contribution in [2.75, 3.05) is 18.9 Å². The second kappa shape index (κ2) is 8.06. The van der Waals surface area contributed by atoms with Crippen molar-refractivity contribution in [3.05, 3.63) is 33.2 Å². The van der Waals surface area contributed by atoms with Gasteiger partial charge < -0.3 is 14.7 Å². The monoisotopic (exact) mass is 363 g/mol. The summed E-state index contributed by atoms with van der Waals surface area (Å²) in [7, 11) is 1.53. The van der Waals surface area contributed by atoms with Gasteiger partial charge in [0.05, 0.1) is 6.54 Å². The fourth-order valence-corrected chi connectivity index (χ4v) is 3.31. The van der Waals surface area contributed by atoms with Gasteiger partial charge in [-0.25, -0.2) is 0 Å². The van der Waals surface area contributed by atoms with Crippen LogP contribution < -0.4 is 5.32 Å². The largest absolute Gasteiger partial charge is 0.360 e. The Labute approximate surface area is 150 Å². The third-order valence-corrected chi connectivity index (χ3v) is 4.58. The van der Waals surface area contributed by atoms with Crippen LogP contribution in [0.5, 0.6) is 0 Å². The minimum Gasteiger partial charge on any atom is -0.360 e. The van der Waals surface area contributed by atoms with Crippen LogP contribution in [-0.2, 0) is 9.59 Å². The molecule has 0 bridgehead atoms. The molecule has 0 spiro atoms. The normalized spacial score (nSPS) is 10.6. The smallest absolute Gasteiger partial charge is 0.245 e. The van der Waals surface area contributed by atoms with E-state index in [0.717, 1.165) is 9.75 Å². The van der Waals surface area contributed by atoms with Gasteiger partial charge in [0.15, 0.2) is 11.6 Å². The minimum absolute atomic E-state index is 0.0499. The van der Waals surface area contributed by atoms with E-state index in [1.54, 1.807) is 24.3 Å². The molecule has 25 heavy (non-hydrogen) atoms. The Morgan fingerprint density at radius 3 is 2.48 bits per heavy atom. The van der Waals surface area contributed by atoms with Crippen LogP contribution >= 0.6 is 11.3 Å². The van der Waals surface area contributed by atoms with Gasteiger partial charge in [-0.1, -0.05) is 5.16 Å². The van der Waals surface area contributed by atoms with Gasteiger partial charge in [-0.3, -0.25) is 14.4 Å². The van der Waals surface area contributed by atoms with E-state index in [-0.39, 0.29) is 37.0 Å². The molecule has 2 rings (SSSR count). The van der Waals surface area contributed by atoms with Crippen LogP contribution in [0.25, 0.3) is 0 Å². The number of thiophene rings is 1. The molecule has 0 aliphatic rings. The van der Waals surface area contributed by atoms with Gasteiger partial charge in [0.2, 0.25) is 11.8 Å². The predicted molar refractivity (Wildman–Crippen MR) is 94.9 cm³/mol. The van der Waals surface area contributed by atoms with Crippen LogP contribution in [0.4, 0.5) is 5.82 Å². The summed E-state index contributed by atoms with van der Waals surface area (Å²) >= 11 is 1.57. The van der Waals surface area contributed by atoms with Crippen LogP contribution in [0.3, 0.4) is 0 Å². The molecule has 0 atom stereocenters. The van der Waals surface area contributed by atoms with Crippen LogP contribution in [-0.4, -0.2) is 41.2 Å². The highest BCUT2D eigenvalue weighted by atomic mass is 32.1. The second-order valence-electron chi connectivity index (χ2n) is 5.87. The van der Waals surface area contributed by atoms with E-state index in [0.29, 0.717) is 17.1 Å². The number of nitrogens with one attached hydrogen (secondary N) is 1. The van der Waals surface area contributed by atoms with Crippen molar-refractivity contribution in [2.24, 2.45) is 0 Å². The first kappa shape index (κ1) is 18.9. The van der Waals surface area contributed by atoms with Crippen molar-refractivity contribution in [1.82, 2.24) is 10.1 Å². The zero-order valence-corrected chi connectivity index (χ0v) is 15.5. The molecule has 0 aliphatic heterocycles. The zero-order valence-electron chi connectivity index (χ0n) is 14.7. The maximum absolute atomic E-state index is 12.2. The maximum atomic E-state index is 12.2. The van der Waals surface area contributed by atoms with Gasteiger partial charge in [0.25, 0.3) is 0 Å². The van der Waals surface area contributed by atoms with Gasteiger partial charge in [-0.05, 0) is 26.8 Å². The number of carbonyl (C=O) groups is 3. The fraction of sp³-hybridized carbons (Fsp3) is 0.412. The Balaban J connectivity index is 1.80. The molecule has 2 amide bonds. The number of hydrogen-bond donors (Lipinski definition) is 1. The van der Waals surface area contributed by atoms with Crippen LogP contribution in [0.2, 0.25) is 0 Å². The Kier molecular flexibility index (Phi) is 6.08. The van der Waals surface area contributed by atoms with Gasteiger partial charge in [-0.15, -0.1) is 11.3 Å². The molecule has 0 radical (unpaired) electrons. The van der Waals surface area contributed by atoms with Gasteiger partial charge in [0, 0.05) is 41.3 Å². The number of nitrogens with zero attached hydrogens (tertiary/aromatic N) is 2. The van der Waals surface area contributed by atoms with Crippen molar-refractivity contribution in [3.63, 3.8) is 0 Å². The molecule has 0 unspecified atom stereocenters. The predicted octanol–water partition coefficient (Wildman–Crippen LogP) is 2.72. The van der Waals surface area contributed by atoms with Crippen molar-refractivity contribution in [3.8, 4) is 0 Å². The number of hydrogen-bond acceptors (Lipinski definition) is 6. The number of ketones is 1. The van der Waals surface area contributed by atoms with E-state index < -0.39 is 0 Å². The van der Waals surface area contributed by atoms with E-state index in [2.05, 4.69) is 10.5 Å². The fourth-order valence-electron chi connectivity index (χ4n) is 2.36. The molecule has 2 aromatic heterocycles. The van der Waals surface area contributed by atoms with Crippen LogP contribution in [0, 0.1) is 20.8 Å². The lowest BCUT2D eigenvalue weighted by Gasteiger charge is -2.16. The van der Waals surface area contributed by atoms with Gasteiger partial charge in [0.1, 0.15) is 5.76 Å². The molecule has 1 N–H and O–H groups in total. The SMILES string of the molecule is Cc1cc(NC(=O)CN(C)C(=O)CCC(=O)c2cc(C)sc2C)no1. The molecule has 0 aromatic carbocycles. The average molecular weight is 363 g/mol. The summed E-state index contributed by atoms with van der Waals surface area (Å²) in [6.45, 7) is 5.44. The molecule has 0 saturated heterocycles. The van der Waals surface area contributed by atoms with Crippen molar-refractivity contribution >= 4 is 34.8 Å². The summed E-state index contributed by atoms with van der Waals surface area (Å²) in [5.74, 6) is 0.203. The molecule has 7 nitrogen and oxygen atoms in total.